The van der Waals surface area contributed by atoms with Crippen molar-refractivity contribution in [3.63, 3.8) is 0 Å². The summed E-state index contributed by atoms with van der Waals surface area (Å²) in [5.41, 5.74) is 0. The molecule has 2 aliphatic rings. The van der Waals surface area contributed by atoms with Crippen molar-refractivity contribution in [3.8, 4) is 5.75 Å². The largest absolute Gasteiger partial charge is 0.489 e. The van der Waals surface area contributed by atoms with Gasteiger partial charge < -0.3 is 14.4 Å². The van der Waals surface area contributed by atoms with Gasteiger partial charge in [0.2, 0.25) is 0 Å². The van der Waals surface area contributed by atoms with Crippen LogP contribution < -0.4 is 4.74 Å². The van der Waals surface area contributed by atoms with E-state index in [0.29, 0.717) is 11.6 Å². The molecule has 1 aromatic carbocycles. The molecule has 0 radical (unpaired) electrons. The first-order valence-electron chi connectivity index (χ1n) is 7.55. The molecule has 0 aromatic heterocycles. The van der Waals surface area contributed by atoms with E-state index in [1.165, 1.54) is 0 Å². The van der Waals surface area contributed by atoms with Gasteiger partial charge in [0.25, 0.3) is 5.91 Å². The third-order valence-electron chi connectivity index (χ3n) is 4.09. The molecule has 1 amide bonds. The smallest absolute Gasteiger partial charge is 0.251 e. The number of hydrogen-bond donors (Lipinski definition) is 0. The van der Waals surface area contributed by atoms with E-state index >= 15 is 0 Å². The molecule has 1 atom stereocenters. The van der Waals surface area contributed by atoms with Crippen LogP contribution in [0.1, 0.15) is 25.7 Å². The van der Waals surface area contributed by atoms with Crippen LogP contribution in [0.3, 0.4) is 0 Å². The number of likely N-dealkylation sites (tertiary alicyclic amines) is 1. The van der Waals surface area contributed by atoms with Crippen LogP contribution in [-0.2, 0) is 9.53 Å². The predicted octanol–water partition coefficient (Wildman–Crippen LogP) is 2.89. The molecule has 2 aliphatic heterocycles. The first-order chi connectivity index (χ1) is 10.2. The monoisotopic (exact) mass is 309 g/mol. The van der Waals surface area contributed by atoms with E-state index in [2.05, 4.69) is 0 Å². The summed E-state index contributed by atoms with van der Waals surface area (Å²) in [5.74, 6) is 0.867. The number of piperidine rings is 1. The molecule has 0 spiro atoms. The fraction of sp³-hybridized carbons (Fsp3) is 0.562. The van der Waals surface area contributed by atoms with Crippen LogP contribution in [0.5, 0.6) is 5.75 Å². The molecule has 5 heteroatoms. The van der Waals surface area contributed by atoms with E-state index in [0.717, 1.165) is 44.5 Å². The highest BCUT2D eigenvalue weighted by Gasteiger charge is 2.31. The van der Waals surface area contributed by atoms with Gasteiger partial charge in [0.15, 0.2) is 0 Å². The highest BCUT2D eigenvalue weighted by molar-refractivity contribution is 6.32. The molecule has 0 aliphatic carbocycles. The van der Waals surface area contributed by atoms with Crippen LogP contribution in [0, 0.1) is 0 Å². The van der Waals surface area contributed by atoms with E-state index < -0.39 is 0 Å². The van der Waals surface area contributed by atoms with E-state index in [1.807, 2.05) is 29.2 Å². The molecule has 2 fully saturated rings. The molecule has 2 saturated heterocycles. The maximum Gasteiger partial charge on any atom is 0.251 e. The molecular weight excluding hydrogens is 290 g/mol. The molecule has 2 heterocycles. The van der Waals surface area contributed by atoms with Crippen LogP contribution in [0.2, 0.25) is 5.02 Å². The van der Waals surface area contributed by atoms with Crippen LogP contribution in [-0.4, -0.2) is 42.7 Å². The van der Waals surface area contributed by atoms with Gasteiger partial charge in [0.05, 0.1) is 5.02 Å². The van der Waals surface area contributed by atoms with Crippen molar-refractivity contribution in [2.45, 2.75) is 37.9 Å². The first kappa shape index (κ1) is 14.7. The van der Waals surface area contributed by atoms with Crippen LogP contribution in [0.4, 0.5) is 0 Å². The summed E-state index contributed by atoms with van der Waals surface area (Å²) in [7, 11) is 0. The lowest BCUT2D eigenvalue weighted by Crippen LogP contribution is -2.45. The number of carbonyl (C=O) groups is 1. The lowest BCUT2D eigenvalue weighted by Gasteiger charge is -2.33. The molecular formula is C16H20ClNO3. The van der Waals surface area contributed by atoms with Gasteiger partial charge >= 0.3 is 0 Å². The Morgan fingerprint density at radius 2 is 2.00 bits per heavy atom. The van der Waals surface area contributed by atoms with E-state index in [9.17, 15) is 4.79 Å². The molecule has 3 rings (SSSR count). The molecule has 114 valence electrons. The average molecular weight is 310 g/mol. The van der Waals surface area contributed by atoms with Gasteiger partial charge in [0.1, 0.15) is 18.0 Å². The summed E-state index contributed by atoms with van der Waals surface area (Å²) in [6.07, 6.45) is 3.43. The Hall–Kier alpha value is -1.26. The molecule has 21 heavy (non-hydrogen) atoms. The van der Waals surface area contributed by atoms with E-state index in [1.54, 1.807) is 0 Å². The van der Waals surface area contributed by atoms with Gasteiger partial charge in [-0.2, -0.15) is 0 Å². The van der Waals surface area contributed by atoms with Crippen LogP contribution >= 0.6 is 11.6 Å². The quantitative estimate of drug-likeness (QED) is 0.862. The van der Waals surface area contributed by atoms with Gasteiger partial charge in [-0.15, -0.1) is 0 Å². The van der Waals surface area contributed by atoms with Crippen molar-refractivity contribution in [1.82, 2.24) is 4.90 Å². The second-order valence-corrected chi connectivity index (χ2v) is 5.98. The van der Waals surface area contributed by atoms with Gasteiger partial charge in [0, 0.05) is 32.5 Å². The first-order valence-corrected chi connectivity index (χ1v) is 7.93. The normalized spacial score (nSPS) is 23.3. The zero-order valence-electron chi connectivity index (χ0n) is 12.0. The lowest BCUT2D eigenvalue weighted by molar-refractivity contribution is -0.142. The highest BCUT2D eigenvalue weighted by Crippen LogP contribution is 2.27. The topological polar surface area (TPSA) is 38.8 Å². The van der Waals surface area contributed by atoms with Crippen LogP contribution in [0.25, 0.3) is 0 Å². The maximum absolute atomic E-state index is 12.3. The van der Waals surface area contributed by atoms with Crippen molar-refractivity contribution < 1.29 is 14.3 Å². The SMILES string of the molecule is O=C(C1CCCO1)N1CCC(Oc2ccccc2Cl)CC1. The van der Waals surface area contributed by atoms with Gasteiger partial charge in [-0.25, -0.2) is 0 Å². The number of benzene rings is 1. The highest BCUT2D eigenvalue weighted by atomic mass is 35.5. The zero-order chi connectivity index (χ0) is 14.7. The Bertz CT molecular complexity index is 494. The number of hydrogen-bond acceptors (Lipinski definition) is 3. The molecule has 0 bridgehead atoms. The number of rotatable bonds is 3. The number of para-hydroxylation sites is 1. The molecule has 1 unspecified atom stereocenters. The fourth-order valence-electron chi connectivity index (χ4n) is 2.89. The molecule has 0 saturated carbocycles. The molecule has 4 nitrogen and oxygen atoms in total. The van der Waals surface area contributed by atoms with Crippen molar-refractivity contribution >= 4 is 17.5 Å². The maximum atomic E-state index is 12.3. The molecule has 0 N–H and O–H groups in total. The second-order valence-electron chi connectivity index (χ2n) is 5.57. The summed E-state index contributed by atoms with van der Waals surface area (Å²) >= 11 is 6.10. The molecule has 1 aromatic rings. The average Bonchev–Trinajstić information content (AvgIpc) is 3.04. The zero-order valence-corrected chi connectivity index (χ0v) is 12.7. The summed E-state index contributed by atoms with van der Waals surface area (Å²) in [6.45, 7) is 2.17. The Morgan fingerprint density at radius 3 is 2.67 bits per heavy atom. The Labute approximate surface area is 130 Å². The van der Waals surface area contributed by atoms with Crippen LogP contribution in [0.15, 0.2) is 24.3 Å². The summed E-state index contributed by atoms with van der Waals surface area (Å²) in [5, 5.41) is 0.635. The minimum atomic E-state index is -0.217. The minimum absolute atomic E-state index is 0.124. The number of amides is 1. The summed E-state index contributed by atoms with van der Waals surface area (Å²) in [4.78, 5) is 14.2. The van der Waals surface area contributed by atoms with E-state index in [4.69, 9.17) is 21.1 Å². The van der Waals surface area contributed by atoms with Gasteiger partial charge in [-0.3, -0.25) is 4.79 Å². The number of ether oxygens (including phenoxy) is 2. The minimum Gasteiger partial charge on any atom is -0.489 e. The van der Waals surface area contributed by atoms with Crippen molar-refractivity contribution in [2.75, 3.05) is 19.7 Å². The lowest BCUT2D eigenvalue weighted by atomic mass is 10.1. The summed E-state index contributed by atoms with van der Waals surface area (Å²) < 4.78 is 11.4. The third-order valence-corrected chi connectivity index (χ3v) is 4.40. The fourth-order valence-corrected chi connectivity index (χ4v) is 3.07. The Kier molecular flexibility index (Phi) is 4.66. The number of carbonyl (C=O) groups excluding carboxylic acids is 1. The number of nitrogens with zero attached hydrogens (tertiary/aromatic N) is 1. The van der Waals surface area contributed by atoms with E-state index in [-0.39, 0.29) is 18.1 Å². The van der Waals surface area contributed by atoms with Crippen molar-refractivity contribution in [1.29, 1.82) is 0 Å². The van der Waals surface area contributed by atoms with Gasteiger partial charge in [-0.1, -0.05) is 23.7 Å². The Morgan fingerprint density at radius 1 is 1.24 bits per heavy atom. The third kappa shape index (κ3) is 3.50. The second kappa shape index (κ2) is 6.67. The predicted molar refractivity (Wildman–Crippen MR) is 80.7 cm³/mol. The van der Waals surface area contributed by atoms with Gasteiger partial charge in [-0.05, 0) is 25.0 Å². The van der Waals surface area contributed by atoms with Crippen molar-refractivity contribution in [3.05, 3.63) is 29.3 Å². The number of halogens is 1. The summed E-state index contributed by atoms with van der Waals surface area (Å²) in [6, 6.07) is 7.51. The van der Waals surface area contributed by atoms with Crippen molar-refractivity contribution in [2.24, 2.45) is 0 Å². The Balaban J connectivity index is 1.51. The standard InChI is InChI=1S/C16H20ClNO3/c17-13-4-1-2-5-14(13)21-12-7-9-18(10-8-12)16(19)15-6-3-11-20-15/h1-2,4-5,12,15H,3,6-11H2.